The summed E-state index contributed by atoms with van der Waals surface area (Å²) < 4.78 is 33.2. The Bertz CT molecular complexity index is 1700. The molecule has 0 radical (unpaired) electrons. The summed E-state index contributed by atoms with van der Waals surface area (Å²) in [5, 5.41) is 0. The highest BCUT2D eigenvalue weighted by Gasteiger charge is 2.22. The van der Waals surface area contributed by atoms with Crippen LogP contribution in [0.25, 0.3) is 0 Å². The van der Waals surface area contributed by atoms with E-state index in [9.17, 15) is 9.59 Å². The predicted octanol–water partition coefficient (Wildman–Crippen LogP) is 8.19. The third-order valence-corrected chi connectivity index (χ3v) is 8.44. The van der Waals surface area contributed by atoms with Gasteiger partial charge in [-0.2, -0.15) is 0 Å². The van der Waals surface area contributed by atoms with Crippen LogP contribution in [-0.2, 0) is 26.2 Å². The smallest absolute Gasteiger partial charge is 0.415 e. The Morgan fingerprint density at radius 1 is 0.415 bits per heavy atom. The fraction of sp³-hybridized carbons (Fsp3) is 0.238. The van der Waals surface area contributed by atoms with Gasteiger partial charge in [0.25, 0.3) is 0 Å². The zero-order chi connectivity index (χ0) is 37.7. The Kier molecular flexibility index (Phi) is 13.0. The molecule has 0 aromatic heterocycles. The molecule has 276 valence electrons. The lowest BCUT2D eigenvalue weighted by Crippen LogP contribution is -2.33. The lowest BCUT2D eigenvalue weighted by Gasteiger charge is -2.24. The number of hydrogen-bond acceptors (Lipinski definition) is 9. The third-order valence-electron chi connectivity index (χ3n) is 8.44. The number of anilines is 1. The molecule has 0 heterocycles. The average molecular weight is 720 g/mol. The molecule has 53 heavy (non-hydrogen) atoms. The van der Waals surface area contributed by atoms with E-state index in [2.05, 4.69) is 0 Å². The molecule has 0 saturated heterocycles. The summed E-state index contributed by atoms with van der Waals surface area (Å²) in [6.07, 6.45) is -1.16. The molecule has 0 unspecified atom stereocenters. The molecule has 0 saturated carbocycles. The van der Waals surface area contributed by atoms with Gasteiger partial charge in [0.05, 0.1) is 28.4 Å². The molecular formula is C42H45N3O8. The van der Waals surface area contributed by atoms with Crippen LogP contribution in [0, 0.1) is 0 Å². The lowest BCUT2D eigenvalue weighted by molar-refractivity contribution is 0.144. The molecule has 5 aromatic rings. The van der Waals surface area contributed by atoms with Crippen molar-refractivity contribution in [3.8, 4) is 34.5 Å². The van der Waals surface area contributed by atoms with Crippen LogP contribution in [0.5, 0.6) is 34.5 Å². The Morgan fingerprint density at radius 3 is 0.906 bits per heavy atom. The van der Waals surface area contributed by atoms with E-state index in [-0.39, 0.29) is 37.7 Å². The van der Waals surface area contributed by atoms with Crippen LogP contribution in [0.2, 0.25) is 0 Å². The van der Waals surface area contributed by atoms with Gasteiger partial charge in [-0.1, -0.05) is 48.5 Å². The number of methoxy groups -OCH3 is 4. The summed E-state index contributed by atoms with van der Waals surface area (Å²) in [4.78, 5) is 32.8. The quantitative estimate of drug-likeness (QED) is 0.106. The van der Waals surface area contributed by atoms with Gasteiger partial charge in [0, 0.05) is 64.2 Å². The molecular weight excluding hydrogens is 674 g/mol. The summed E-state index contributed by atoms with van der Waals surface area (Å²) in [6.45, 7) is 1.09. The highest BCUT2D eigenvalue weighted by molar-refractivity contribution is 5.74. The van der Waals surface area contributed by atoms with E-state index in [4.69, 9.17) is 28.4 Å². The second-order valence-electron chi connectivity index (χ2n) is 12.4. The topological polar surface area (TPSA) is 99.2 Å². The average Bonchev–Trinajstić information content (AvgIpc) is 3.18. The Hall–Kier alpha value is -6.36. The Balaban J connectivity index is 1.39. The van der Waals surface area contributed by atoms with E-state index < -0.39 is 12.2 Å². The van der Waals surface area contributed by atoms with E-state index in [1.807, 2.05) is 116 Å². The van der Waals surface area contributed by atoms with Crippen LogP contribution in [0.4, 0.5) is 15.3 Å². The van der Waals surface area contributed by atoms with Gasteiger partial charge >= 0.3 is 12.2 Å². The molecule has 0 aliphatic rings. The predicted molar refractivity (Wildman–Crippen MR) is 203 cm³/mol. The Labute approximate surface area is 310 Å². The summed E-state index contributed by atoms with van der Waals surface area (Å²) in [5.74, 6) is 3.30. The lowest BCUT2D eigenvalue weighted by atomic mass is 10.1. The fourth-order valence-corrected chi connectivity index (χ4v) is 5.44. The van der Waals surface area contributed by atoms with Crippen LogP contribution in [-0.4, -0.2) is 64.5 Å². The van der Waals surface area contributed by atoms with Crippen molar-refractivity contribution < 1.29 is 38.0 Å². The van der Waals surface area contributed by atoms with Crippen molar-refractivity contribution in [2.24, 2.45) is 0 Å². The van der Waals surface area contributed by atoms with E-state index >= 15 is 0 Å². The number of rotatable bonds is 15. The third kappa shape index (κ3) is 10.8. The minimum atomic E-state index is -0.578. The number of carbonyl (C=O) groups excluding carboxylic acids is 2. The van der Waals surface area contributed by atoms with Crippen molar-refractivity contribution in [2.75, 3.05) is 47.4 Å². The summed E-state index contributed by atoms with van der Waals surface area (Å²) >= 11 is 0. The number of nitrogens with zero attached hydrogens (tertiary/aromatic N) is 3. The summed E-state index contributed by atoms with van der Waals surface area (Å²) in [5.41, 5.74) is 4.23. The zero-order valence-corrected chi connectivity index (χ0v) is 30.9. The highest BCUT2D eigenvalue weighted by Crippen LogP contribution is 2.30. The first-order chi connectivity index (χ1) is 25.7. The maximum atomic E-state index is 13.9. The van der Waals surface area contributed by atoms with E-state index in [1.54, 1.807) is 56.4 Å². The maximum Gasteiger partial charge on any atom is 0.415 e. The van der Waals surface area contributed by atoms with E-state index in [1.165, 1.54) is 0 Å². The van der Waals surface area contributed by atoms with Crippen LogP contribution in [0.1, 0.15) is 22.3 Å². The van der Waals surface area contributed by atoms with Crippen LogP contribution >= 0.6 is 0 Å². The molecule has 11 nitrogen and oxygen atoms in total. The molecule has 0 aliphatic heterocycles. The summed E-state index contributed by atoms with van der Waals surface area (Å²) in [7, 11) is 10.1. The second-order valence-corrected chi connectivity index (χ2v) is 12.4. The molecule has 0 bridgehead atoms. The molecule has 5 aromatic carbocycles. The summed E-state index contributed by atoms with van der Waals surface area (Å²) in [6, 6.07) is 35.0. The molecule has 11 heteroatoms. The molecule has 0 aliphatic carbocycles. The minimum Gasteiger partial charge on any atom is -0.497 e. The van der Waals surface area contributed by atoms with Gasteiger partial charge in [0.2, 0.25) is 0 Å². The van der Waals surface area contributed by atoms with Crippen molar-refractivity contribution in [3.63, 3.8) is 0 Å². The fourth-order valence-electron chi connectivity index (χ4n) is 5.44. The molecule has 0 N–H and O–H groups in total. The van der Waals surface area contributed by atoms with Crippen molar-refractivity contribution in [3.05, 3.63) is 138 Å². The van der Waals surface area contributed by atoms with Gasteiger partial charge in [-0.25, -0.2) is 9.59 Å². The SMILES string of the molecule is COc1ccc(CN(Cc2ccc(OC)cc2)C(=O)Oc2cc(OC(=O)N(Cc3ccc(OC)cc3)Cc3ccc(OC)cc3)cc(N(C)C)c2)cc1. The monoisotopic (exact) mass is 719 g/mol. The number of amides is 2. The normalized spacial score (nSPS) is 10.5. The van der Waals surface area contributed by atoms with Gasteiger partial charge in [0.15, 0.2) is 0 Å². The second kappa shape index (κ2) is 18.2. The molecule has 0 spiro atoms. The van der Waals surface area contributed by atoms with Crippen LogP contribution in [0.15, 0.2) is 115 Å². The maximum absolute atomic E-state index is 13.9. The van der Waals surface area contributed by atoms with Crippen molar-refractivity contribution in [1.82, 2.24) is 9.80 Å². The van der Waals surface area contributed by atoms with Crippen LogP contribution in [0.3, 0.4) is 0 Å². The molecule has 0 fully saturated rings. The zero-order valence-electron chi connectivity index (χ0n) is 30.9. The largest absolute Gasteiger partial charge is 0.497 e. The number of benzene rings is 5. The highest BCUT2D eigenvalue weighted by atomic mass is 16.6. The van der Waals surface area contributed by atoms with E-state index in [0.29, 0.717) is 28.7 Å². The number of carbonyl (C=O) groups is 2. The Morgan fingerprint density at radius 2 is 0.679 bits per heavy atom. The minimum absolute atomic E-state index is 0.218. The van der Waals surface area contributed by atoms with E-state index in [0.717, 1.165) is 22.3 Å². The van der Waals surface area contributed by atoms with Gasteiger partial charge in [-0.3, -0.25) is 9.80 Å². The van der Waals surface area contributed by atoms with Gasteiger partial charge in [-0.05, 0) is 70.8 Å². The van der Waals surface area contributed by atoms with Gasteiger partial charge in [-0.15, -0.1) is 0 Å². The van der Waals surface area contributed by atoms with Crippen LogP contribution < -0.4 is 33.3 Å². The van der Waals surface area contributed by atoms with Crippen molar-refractivity contribution >= 4 is 17.9 Å². The number of hydrogen-bond donors (Lipinski definition) is 0. The first kappa shape index (κ1) is 37.9. The number of ether oxygens (including phenoxy) is 6. The van der Waals surface area contributed by atoms with Crippen molar-refractivity contribution in [1.29, 1.82) is 0 Å². The molecule has 0 atom stereocenters. The molecule has 5 rings (SSSR count). The standard InChI is InChI=1S/C42H45N3O8/c1-43(2)34-23-39(52-41(46)44(26-30-7-15-35(48-3)16-8-30)27-31-9-17-36(49-4)18-10-31)25-40(24-34)53-42(47)45(28-32-11-19-37(50-5)20-12-32)29-33-13-21-38(51-6)22-14-33/h7-25H,26-29H2,1-6H3. The van der Waals surface area contributed by atoms with Crippen molar-refractivity contribution in [2.45, 2.75) is 26.2 Å². The first-order valence-electron chi connectivity index (χ1n) is 16.9. The first-order valence-corrected chi connectivity index (χ1v) is 16.9. The van der Waals surface area contributed by atoms with Gasteiger partial charge < -0.3 is 33.3 Å². The van der Waals surface area contributed by atoms with Gasteiger partial charge in [0.1, 0.15) is 34.5 Å². The molecule has 2 amide bonds.